The summed E-state index contributed by atoms with van der Waals surface area (Å²) in [6.07, 6.45) is 0.754. The predicted octanol–water partition coefficient (Wildman–Crippen LogP) is 3.03. The Morgan fingerprint density at radius 3 is 2.52 bits per heavy atom. The summed E-state index contributed by atoms with van der Waals surface area (Å²) in [6, 6.07) is 2.22. The van der Waals surface area contributed by atoms with Crippen molar-refractivity contribution >= 4 is 33.5 Å². The first kappa shape index (κ1) is 15.4. The second-order valence-electron chi connectivity index (χ2n) is 4.02. The van der Waals surface area contributed by atoms with E-state index in [4.69, 9.17) is 10.5 Å². The zero-order valence-electron chi connectivity index (χ0n) is 11.0. The standard InChI is InChI=1S/C12H12BrF2N5O/c1-2-3-21-12-19-10(16)18-11(20-12)17-9-7(14)4-6(13)5-8(9)15/h4-5H,2-3H2,1H3,(H3,16,17,18,19,20). The smallest absolute Gasteiger partial charge is 0.323 e. The highest BCUT2D eigenvalue weighted by Crippen LogP contribution is 2.26. The normalized spacial score (nSPS) is 10.5. The molecule has 0 atom stereocenters. The molecule has 21 heavy (non-hydrogen) atoms. The first-order chi connectivity index (χ1) is 9.99. The van der Waals surface area contributed by atoms with Crippen LogP contribution in [0, 0.1) is 11.6 Å². The summed E-state index contributed by atoms with van der Waals surface area (Å²) in [5.74, 6) is -1.81. The van der Waals surface area contributed by atoms with Crippen LogP contribution in [0.5, 0.6) is 6.01 Å². The van der Waals surface area contributed by atoms with Crippen molar-refractivity contribution in [1.29, 1.82) is 0 Å². The van der Waals surface area contributed by atoms with Crippen LogP contribution in [0.25, 0.3) is 0 Å². The summed E-state index contributed by atoms with van der Waals surface area (Å²) in [5.41, 5.74) is 5.12. The van der Waals surface area contributed by atoms with Crippen LogP contribution < -0.4 is 15.8 Å². The van der Waals surface area contributed by atoms with Crippen LogP contribution in [0.2, 0.25) is 0 Å². The van der Waals surface area contributed by atoms with Gasteiger partial charge in [0.2, 0.25) is 11.9 Å². The summed E-state index contributed by atoms with van der Waals surface area (Å²) in [5, 5.41) is 2.43. The first-order valence-corrected chi connectivity index (χ1v) is 6.84. The molecule has 0 radical (unpaired) electrons. The molecular weight excluding hydrogens is 348 g/mol. The van der Waals surface area contributed by atoms with Gasteiger partial charge in [-0.1, -0.05) is 22.9 Å². The van der Waals surface area contributed by atoms with Gasteiger partial charge in [0.15, 0.2) is 11.6 Å². The van der Waals surface area contributed by atoms with Crippen LogP contribution in [0.15, 0.2) is 16.6 Å². The zero-order chi connectivity index (χ0) is 15.4. The second kappa shape index (κ2) is 6.61. The van der Waals surface area contributed by atoms with Crippen LogP contribution in [-0.4, -0.2) is 21.6 Å². The number of nitrogens with zero attached hydrogens (tertiary/aromatic N) is 3. The molecule has 0 unspecified atom stereocenters. The average Bonchev–Trinajstić information content (AvgIpc) is 2.40. The van der Waals surface area contributed by atoms with Gasteiger partial charge in [0.05, 0.1) is 6.61 Å². The second-order valence-corrected chi connectivity index (χ2v) is 4.93. The Morgan fingerprint density at radius 2 is 1.90 bits per heavy atom. The number of rotatable bonds is 5. The minimum absolute atomic E-state index is 0.00946. The van der Waals surface area contributed by atoms with Crippen LogP contribution in [0.1, 0.15) is 13.3 Å². The highest BCUT2D eigenvalue weighted by Gasteiger charge is 2.13. The van der Waals surface area contributed by atoms with Crippen molar-refractivity contribution in [2.75, 3.05) is 17.7 Å². The minimum atomic E-state index is -0.795. The Kier molecular flexibility index (Phi) is 4.84. The quantitative estimate of drug-likeness (QED) is 0.853. The molecule has 0 saturated heterocycles. The number of anilines is 3. The zero-order valence-corrected chi connectivity index (χ0v) is 12.6. The molecule has 2 rings (SSSR count). The van der Waals surface area contributed by atoms with Crippen LogP contribution in [0.4, 0.5) is 26.4 Å². The topological polar surface area (TPSA) is 86.0 Å². The lowest BCUT2D eigenvalue weighted by Crippen LogP contribution is -2.08. The van der Waals surface area contributed by atoms with E-state index in [2.05, 4.69) is 36.2 Å². The molecule has 2 aromatic rings. The molecular formula is C12H12BrF2N5O. The molecule has 0 aliphatic rings. The number of halogens is 3. The van der Waals surface area contributed by atoms with E-state index in [0.717, 1.165) is 18.6 Å². The Bertz CT molecular complexity index is 633. The van der Waals surface area contributed by atoms with Gasteiger partial charge in [0.1, 0.15) is 5.69 Å². The highest BCUT2D eigenvalue weighted by molar-refractivity contribution is 9.10. The maximum absolute atomic E-state index is 13.7. The molecule has 0 saturated carbocycles. The molecule has 0 spiro atoms. The minimum Gasteiger partial charge on any atom is -0.463 e. The van der Waals surface area contributed by atoms with E-state index >= 15 is 0 Å². The van der Waals surface area contributed by atoms with Gasteiger partial charge in [0.25, 0.3) is 0 Å². The number of hydrogen-bond acceptors (Lipinski definition) is 6. The maximum atomic E-state index is 13.7. The van der Waals surface area contributed by atoms with Crippen molar-refractivity contribution in [2.45, 2.75) is 13.3 Å². The molecule has 0 bridgehead atoms. The van der Waals surface area contributed by atoms with E-state index in [9.17, 15) is 8.78 Å². The van der Waals surface area contributed by atoms with Crippen molar-refractivity contribution in [3.05, 3.63) is 28.2 Å². The molecule has 112 valence electrons. The third-order valence-electron chi connectivity index (χ3n) is 2.31. The number of hydrogen-bond donors (Lipinski definition) is 2. The number of benzene rings is 1. The van der Waals surface area contributed by atoms with Crippen molar-refractivity contribution < 1.29 is 13.5 Å². The van der Waals surface area contributed by atoms with Gasteiger partial charge >= 0.3 is 6.01 Å². The van der Waals surface area contributed by atoms with Crippen molar-refractivity contribution in [1.82, 2.24) is 15.0 Å². The van der Waals surface area contributed by atoms with E-state index in [1.54, 1.807) is 0 Å². The third kappa shape index (κ3) is 3.97. The van der Waals surface area contributed by atoms with E-state index in [-0.39, 0.29) is 28.1 Å². The molecule has 1 aromatic carbocycles. The Hall–Kier alpha value is -2.03. The molecule has 0 aliphatic carbocycles. The molecule has 9 heteroatoms. The number of nitrogen functional groups attached to an aromatic ring is 1. The number of aromatic nitrogens is 3. The Labute approximate surface area is 127 Å². The summed E-state index contributed by atoms with van der Waals surface area (Å²) in [4.78, 5) is 11.4. The number of nitrogens with one attached hydrogen (secondary N) is 1. The summed E-state index contributed by atoms with van der Waals surface area (Å²) >= 11 is 3.00. The fraction of sp³-hybridized carbons (Fsp3) is 0.250. The lowest BCUT2D eigenvalue weighted by atomic mass is 10.3. The molecule has 0 fully saturated rings. The number of nitrogens with two attached hydrogens (primary N) is 1. The number of ether oxygens (including phenoxy) is 1. The molecule has 3 N–H and O–H groups in total. The van der Waals surface area contributed by atoms with E-state index in [0.29, 0.717) is 6.61 Å². The van der Waals surface area contributed by atoms with Gasteiger partial charge < -0.3 is 15.8 Å². The largest absolute Gasteiger partial charge is 0.463 e. The van der Waals surface area contributed by atoms with E-state index in [1.807, 2.05) is 6.92 Å². The lowest BCUT2D eigenvalue weighted by Gasteiger charge is -2.09. The van der Waals surface area contributed by atoms with Crippen molar-refractivity contribution in [3.8, 4) is 6.01 Å². The van der Waals surface area contributed by atoms with Crippen molar-refractivity contribution in [3.63, 3.8) is 0 Å². The van der Waals surface area contributed by atoms with Gasteiger partial charge in [0, 0.05) is 4.47 Å². The fourth-order valence-electron chi connectivity index (χ4n) is 1.46. The van der Waals surface area contributed by atoms with Gasteiger partial charge in [-0.05, 0) is 18.6 Å². The average molecular weight is 360 g/mol. The SMILES string of the molecule is CCCOc1nc(N)nc(Nc2c(F)cc(Br)cc2F)n1. The van der Waals surface area contributed by atoms with E-state index in [1.165, 1.54) is 0 Å². The Morgan fingerprint density at radius 1 is 1.24 bits per heavy atom. The predicted molar refractivity (Wildman–Crippen MR) is 77.4 cm³/mol. The van der Waals surface area contributed by atoms with Gasteiger partial charge in [-0.2, -0.15) is 15.0 Å². The first-order valence-electron chi connectivity index (χ1n) is 6.05. The summed E-state index contributed by atoms with van der Waals surface area (Å²) in [6.45, 7) is 2.31. The molecule has 1 heterocycles. The molecule has 6 nitrogen and oxygen atoms in total. The summed E-state index contributed by atoms with van der Waals surface area (Å²) < 4.78 is 33.0. The maximum Gasteiger partial charge on any atom is 0.323 e. The van der Waals surface area contributed by atoms with Gasteiger partial charge in [-0.3, -0.25) is 0 Å². The van der Waals surface area contributed by atoms with Crippen LogP contribution >= 0.6 is 15.9 Å². The fourth-order valence-corrected chi connectivity index (χ4v) is 1.86. The van der Waals surface area contributed by atoms with Crippen LogP contribution in [-0.2, 0) is 0 Å². The van der Waals surface area contributed by atoms with Crippen molar-refractivity contribution in [2.24, 2.45) is 0 Å². The third-order valence-corrected chi connectivity index (χ3v) is 2.77. The molecule has 0 aliphatic heterocycles. The molecule has 0 amide bonds. The Balaban J connectivity index is 2.29. The highest BCUT2D eigenvalue weighted by atomic mass is 79.9. The lowest BCUT2D eigenvalue weighted by molar-refractivity contribution is 0.292. The van der Waals surface area contributed by atoms with Crippen LogP contribution in [0.3, 0.4) is 0 Å². The van der Waals surface area contributed by atoms with Gasteiger partial charge in [-0.15, -0.1) is 0 Å². The molecule has 1 aromatic heterocycles. The van der Waals surface area contributed by atoms with Gasteiger partial charge in [-0.25, -0.2) is 8.78 Å². The van der Waals surface area contributed by atoms with E-state index < -0.39 is 11.6 Å². The monoisotopic (exact) mass is 359 g/mol. The summed E-state index contributed by atoms with van der Waals surface area (Å²) in [7, 11) is 0.